The van der Waals surface area contributed by atoms with Crippen molar-refractivity contribution in [3.05, 3.63) is 52.9 Å². The molecule has 0 radical (unpaired) electrons. The molecular weight excluding hydrogens is 352 g/mol. The van der Waals surface area contributed by atoms with Crippen molar-refractivity contribution >= 4 is 11.0 Å². The smallest absolute Gasteiger partial charge is 0.336 e. The fourth-order valence-corrected chi connectivity index (χ4v) is 5.84. The van der Waals surface area contributed by atoms with E-state index in [0.29, 0.717) is 18.1 Å². The van der Waals surface area contributed by atoms with Crippen LogP contribution < -0.4 is 10.4 Å². The Balaban J connectivity index is 1.62. The normalized spacial score (nSPS) is 32.1. The van der Waals surface area contributed by atoms with Crippen LogP contribution in [-0.2, 0) is 0 Å². The van der Waals surface area contributed by atoms with Gasteiger partial charge in [0.05, 0.1) is 18.1 Å². The van der Waals surface area contributed by atoms with Crippen molar-refractivity contribution < 1.29 is 14.3 Å². The van der Waals surface area contributed by atoms with E-state index in [-0.39, 0.29) is 28.5 Å². The number of ether oxygens (including phenoxy) is 1. The largest absolute Gasteiger partial charge is 0.492 e. The van der Waals surface area contributed by atoms with Crippen LogP contribution in [0.3, 0.4) is 0 Å². The van der Waals surface area contributed by atoms with Crippen molar-refractivity contribution in [1.29, 1.82) is 0 Å². The molecule has 1 N–H and O–H groups in total. The Morgan fingerprint density at radius 1 is 1.21 bits per heavy atom. The lowest BCUT2D eigenvalue weighted by Crippen LogP contribution is -2.55. The minimum absolute atomic E-state index is 0.0647. The lowest BCUT2D eigenvalue weighted by molar-refractivity contribution is -0.128. The molecular formula is C24H30O4. The Hall–Kier alpha value is -2.07. The highest BCUT2D eigenvalue weighted by Crippen LogP contribution is 2.60. The van der Waals surface area contributed by atoms with Crippen molar-refractivity contribution in [1.82, 2.24) is 0 Å². The first kappa shape index (κ1) is 19.3. The molecule has 1 aromatic heterocycles. The summed E-state index contributed by atoms with van der Waals surface area (Å²) in [6.45, 7) is 11.7. The van der Waals surface area contributed by atoms with Crippen LogP contribution in [0.2, 0.25) is 0 Å². The third kappa shape index (κ3) is 2.98. The predicted octanol–water partition coefficient (Wildman–Crippen LogP) is 4.94. The first-order valence-electron chi connectivity index (χ1n) is 10.2. The van der Waals surface area contributed by atoms with Crippen LogP contribution in [0.4, 0.5) is 0 Å². The molecule has 0 spiro atoms. The molecule has 1 aromatic carbocycles. The summed E-state index contributed by atoms with van der Waals surface area (Å²) in [7, 11) is 0. The molecule has 4 nitrogen and oxygen atoms in total. The molecule has 0 unspecified atom stereocenters. The Labute approximate surface area is 166 Å². The average Bonchev–Trinajstić information content (AvgIpc) is 2.64. The number of fused-ring (bicyclic) bond motifs is 2. The van der Waals surface area contributed by atoms with E-state index < -0.39 is 0 Å². The maximum absolute atomic E-state index is 11.5. The van der Waals surface area contributed by atoms with Gasteiger partial charge in [-0.1, -0.05) is 39.0 Å². The SMILES string of the molecule is C=C1CC[C@H]2C(C)(C)[C@@H](O)CC[C@]2(C)[C@H]1COc1cccc2oc(=O)ccc12. The summed E-state index contributed by atoms with van der Waals surface area (Å²) in [5, 5.41) is 11.4. The average molecular weight is 383 g/mol. The van der Waals surface area contributed by atoms with E-state index in [1.165, 1.54) is 11.6 Å². The zero-order valence-corrected chi connectivity index (χ0v) is 17.0. The Morgan fingerprint density at radius 2 is 2.00 bits per heavy atom. The molecule has 2 aliphatic carbocycles. The van der Waals surface area contributed by atoms with Gasteiger partial charge in [-0.15, -0.1) is 0 Å². The van der Waals surface area contributed by atoms with Crippen LogP contribution in [0.1, 0.15) is 46.5 Å². The summed E-state index contributed by atoms with van der Waals surface area (Å²) in [6.07, 6.45) is 3.62. The first-order chi connectivity index (χ1) is 13.2. The number of rotatable bonds is 3. The topological polar surface area (TPSA) is 59.7 Å². The lowest BCUT2D eigenvalue weighted by atomic mass is 9.47. The minimum atomic E-state index is -0.358. The van der Waals surface area contributed by atoms with Gasteiger partial charge in [-0.05, 0) is 60.6 Å². The van der Waals surface area contributed by atoms with Crippen LogP contribution >= 0.6 is 0 Å². The molecule has 28 heavy (non-hydrogen) atoms. The zero-order chi connectivity index (χ0) is 20.1. The molecule has 4 heteroatoms. The molecule has 4 atom stereocenters. The summed E-state index contributed by atoms with van der Waals surface area (Å²) >= 11 is 0. The molecule has 4 rings (SSSR count). The van der Waals surface area contributed by atoms with E-state index in [1.54, 1.807) is 12.1 Å². The quantitative estimate of drug-likeness (QED) is 0.603. The first-order valence-corrected chi connectivity index (χ1v) is 10.2. The van der Waals surface area contributed by atoms with Gasteiger partial charge in [-0.3, -0.25) is 0 Å². The third-order valence-corrected chi connectivity index (χ3v) is 7.58. The van der Waals surface area contributed by atoms with Crippen molar-refractivity contribution in [2.45, 2.75) is 52.6 Å². The van der Waals surface area contributed by atoms with Crippen LogP contribution in [0.15, 0.2) is 51.7 Å². The van der Waals surface area contributed by atoms with Crippen molar-refractivity contribution in [2.24, 2.45) is 22.7 Å². The highest BCUT2D eigenvalue weighted by molar-refractivity contribution is 5.83. The van der Waals surface area contributed by atoms with E-state index in [2.05, 4.69) is 27.4 Å². The van der Waals surface area contributed by atoms with Crippen molar-refractivity contribution in [2.75, 3.05) is 6.61 Å². The summed E-state index contributed by atoms with van der Waals surface area (Å²) in [4.78, 5) is 11.5. The number of aliphatic hydroxyl groups is 1. The van der Waals surface area contributed by atoms with E-state index in [1.807, 2.05) is 12.1 Å². The molecule has 0 bridgehead atoms. The second-order valence-electron chi connectivity index (χ2n) is 9.42. The maximum atomic E-state index is 11.5. The molecule has 0 saturated heterocycles. The second kappa shape index (κ2) is 6.77. The molecule has 1 heterocycles. The van der Waals surface area contributed by atoms with Gasteiger partial charge >= 0.3 is 5.63 Å². The van der Waals surface area contributed by atoms with Gasteiger partial charge in [0.25, 0.3) is 0 Å². The van der Waals surface area contributed by atoms with Crippen molar-refractivity contribution in [3.63, 3.8) is 0 Å². The molecule has 2 saturated carbocycles. The summed E-state index contributed by atoms with van der Waals surface area (Å²) in [5.41, 5.74) is 1.39. The number of benzene rings is 1. The molecule has 2 aromatic rings. The van der Waals surface area contributed by atoms with Gasteiger partial charge in [-0.2, -0.15) is 0 Å². The Bertz CT molecular complexity index is 956. The van der Waals surface area contributed by atoms with E-state index in [0.717, 1.165) is 36.8 Å². The zero-order valence-electron chi connectivity index (χ0n) is 17.0. The van der Waals surface area contributed by atoms with Crippen LogP contribution in [0, 0.1) is 22.7 Å². The highest BCUT2D eigenvalue weighted by atomic mass is 16.5. The van der Waals surface area contributed by atoms with Gasteiger partial charge in [0.1, 0.15) is 11.3 Å². The van der Waals surface area contributed by atoms with Gasteiger partial charge in [0.2, 0.25) is 0 Å². The molecule has 150 valence electrons. The van der Waals surface area contributed by atoms with E-state index in [4.69, 9.17) is 9.15 Å². The highest BCUT2D eigenvalue weighted by Gasteiger charge is 2.56. The number of hydrogen-bond donors (Lipinski definition) is 1. The van der Waals surface area contributed by atoms with Crippen LogP contribution in [0.5, 0.6) is 5.75 Å². The molecule has 2 fully saturated rings. The minimum Gasteiger partial charge on any atom is -0.492 e. The van der Waals surface area contributed by atoms with Crippen LogP contribution in [0.25, 0.3) is 11.0 Å². The van der Waals surface area contributed by atoms with Gasteiger partial charge < -0.3 is 14.3 Å². The fraction of sp³-hybridized carbons (Fsp3) is 0.542. The second-order valence-corrected chi connectivity index (χ2v) is 9.42. The van der Waals surface area contributed by atoms with E-state index in [9.17, 15) is 9.90 Å². The standard InChI is InChI=1S/C24H30O4/c1-15-8-10-20-23(2,3)21(25)12-13-24(20,4)17(15)14-27-18-6-5-7-19-16(18)9-11-22(26)28-19/h5-7,9,11,17,20-21,25H,1,8,10,12-14H2,2-4H3/t17-,20-,21-,24+/m0/s1. The summed E-state index contributed by atoms with van der Waals surface area (Å²) in [6, 6.07) is 8.74. The number of aliphatic hydroxyl groups excluding tert-OH is 1. The number of hydrogen-bond acceptors (Lipinski definition) is 4. The summed E-state index contributed by atoms with van der Waals surface area (Å²) in [5.74, 6) is 1.41. The van der Waals surface area contributed by atoms with Gasteiger partial charge in [-0.25, -0.2) is 4.79 Å². The predicted molar refractivity (Wildman–Crippen MR) is 110 cm³/mol. The van der Waals surface area contributed by atoms with Crippen LogP contribution in [-0.4, -0.2) is 17.8 Å². The third-order valence-electron chi connectivity index (χ3n) is 7.58. The molecule has 0 amide bonds. The fourth-order valence-electron chi connectivity index (χ4n) is 5.84. The van der Waals surface area contributed by atoms with E-state index >= 15 is 0 Å². The monoisotopic (exact) mass is 382 g/mol. The van der Waals surface area contributed by atoms with Gasteiger partial charge in [0, 0.05) is 12.0 Å². The van der Waals surface area contributed by atoms with Crippen molar-refractivity contribution in [3.8, 4) is 5.75 Å². The molecule has 2 aliphatic rings. The Kier molecular flexibility index (Phi) is 4.65. The summed E-state index contributed by atoms with van der Waals surface area (Å²) < 4.78 is 11.6. The maximum Gasteiger partial charge on any atom is 0.336 e. The lowest BCUT2D eigenvalue weighted by Gasteiger charge is -2.59. The van der Waals surface area contributed by atoms with Gasteiger partial charge in [0.15, 0.2) is 0 Å². The Morgan fingerprint density at radius 3 is 2.79 bits per heavy atom. The molecule has 0 aliphatic heterocycles.